The lowest BCUT2D eigenvalue weighted by atomic mass is 10.1. The maximum absolute atomic E-state index is 14.1. The fraction of sp³-hybridized carbons (Fsp3) is 1.00. The molecule has 0 aromatic carbocycles. The Kier molecular flexibility index (Phi) is 34.0. The normalized spacial score (nSPS) is 15.4. The van der Waals surface area contributed by atoms with E-state index in [0.29, 0.717) is 0 Å². The summed E-state index contributed by atoms with van der Waals surface area (Å²) >= 11 is 14.2. The van der Waals surface area contributed by atoms with Crippen molar-refractivity contribution in [3.63, 3.8) is 0 Å². The van der Waals surface area contributed by atoms with Gasteiger partial charge in [0.05, 0.1) is 0 Å². The third-order valence-electron chi connectivity index (χ3n) is 8.58. The van der Waals surface area contributed by atoms with Crippen molar-refractivity contribution in [3.8, 4) is 0 Å². The zero-order valence-corrected chi connectivity index (χ0v) is 32.5. The zero-order chi connectivity index (χ0) is 31.9. The molecule has 3 atom stereocenters. The minimum atomic E-state index is -3.44. The molecule has 0 aliphatic heterocycles. The Labute approximate surface area is 287 Å². The fourth-order valence-corrected chi connectivity index (χ4v) is 9.05. The lowest BCUT2D eigenvalue weighted by Gasteiger charge is -2.28. The second-order valence-corrected chi connectivity index (χ2v) is 17.3. The first-order valence-corrected chi connectivity index (χ1v) is 22.1. The number of hydrogen-bond acceptors (Lipinski definition) is 6. The molecule has 43 heavy (non-hydrogen) atoms. The van der Waals surface area contributed by atoms with E-state index in [1.807, 2.05) is 0 Å². The maximum Gasteiger partial charge on any atom is 0.345 e. The minimum Gasteiger partial charge on any atom is -0.294 e. The molecular weight excluding hydrogens is 608 g/mol. The first kappa shape index (κ1) is 44.2. The number of unbranched alkanes of at least 4 members (excludes halogenated alkanes) is 24. The Morgan fingerprint density at radius 1 is 0.395 bits per heavy atom. The Morgan fingerprint density at radius 2 is 0.628 bits per heavy atom. The quantitative estimate of drug-likeness (QED) is 0.0269. The van der Waals surface area contributed by atoms with Gasteiger partial charge < -0.3 is 0 Å². The van der Waals surface area contributed by atoms with Gasteiger partial charge in [-0.1, -0.05) is 181 Å². The standard InChI is InChI=1S/C36H75O3PS3/c1-4-7-10-13-16-19-22-25-28-31-34(41)38-40(37,36(43)33-30-27-24-21-18-15-12-9-6-3)39-35(42)32-29-26-23-20-17-14-11-8-5-2/h34-36,41-43H,4-33H2,1-3H3. The summed E-state index contributed by atoms with van der Waals surface area (Å²) < 4.78 is 26.4. The van der Waals surface area contributed by atoms with E-state index in [0.717, 1.165) is 44.9 Å². The van der Waals surface area contributed by atoms with Gasteiger partial charge in [0.25, 0.3) is 0 Å². The highest BCUT2D eigenvalue weighted by Gasteiger charge is 2.37. The Morgan fingerprint density at radius 3 is 0.907 bits per heavy atom. The van der Waals surface area contributed by atoms with Gasteiger partial charge in [0.2, 0.25) is 0 Å². The van der Waals surface area contributed by atoms with Crippen molar-refractivity contribution in [3.05, 3.63) is 0 Å². The van der Waals surface area contributed by atoms with Gasteiger partial charge in [-0.3, -0.25) is 13.6 Å². The molecule has 3 nitrogen and oxygen atoms in total. The predicted molar refractivity (Wildman–Crippen MR) is 204 cm³/mol. The van der Waals surface area contributed by atoms with E-state index >= 15 is 0 Å². The van der Waals surface area contributed by atoms with Gasteiger partial charge in [-0.2, -0.15) is 12.6 Å². The Bertz CT molecular complexity index is 576. The summed E-state index contributed by atoms with van der Waals surface area (Å²) in [6.07, 6.45) is 36.7. The van der Waals surface area contributed by atoms with Crippen LogP contribution in [0.3, 0.4) is 0 Å². The van der Waals surface area contributed by atoms with Crippen LogP contribution < -0.4 is 0 Å². The molecule has 260 valence electrons. The summed E-state index contributed by atoms with van der Waals surface area (Å²) in [5, 5.41) is 0. The average Bonchev–Trinajstić information content (AvgIpc) is 2.98. The molecule has 3 unspecified atom stereocenters. The molecule has 0 aromatic rings. The molecule has 0 amide bonds. The van der Waals surface area contributed by atoms with Crippen LogP contribution in [0.15, 0.2) is 0 Å². The first-order chi connectivity index (χ1) is 20.9. The summed E-state index contributed by atoms with van der Waals surface area (Å²) in [4.78, 5) is -0.424. The fourth-order valence-electron chi connectivity index (χ4n) is 5.66. The van der Waals surface area contributed by atoms with Crippen LogP contribution in [0.4, 0.5) is 0 Å². The van der Waals surface area contributed by atoms with Crippen molar-refractivity contribution in [2.45, 2.75) is 229 Å². The third-order valence-corrected chi connectivity index (χ3v) is 12.8. The van der Waals surface area contributed by atoms with Crippen molar-refractivity contribution < 1.29 is 13.6 Å². The molecule has 0 N–H and O–H groups in total. The highest BCUT2D eigenvalue weighted by atomic mass is 32.1. The van der Waals surface area contributed by atoms with Crippen molar-refractivity contribution in [1.29, 1.82) is 0 Å². The van der Waals surface area contributed by atoms with E-state index < -0.39 is 12.6 Å². The number of thiol groups is 3. The largest absolute Gasteiger partial charge is 0.345 e. The molecule has 0 fully saturated rings. The average molecular weight is 683 g/mol. The van der Waals surface area contributed by atoms with Gasteiger partial charge in [-0.15, -0.1) is 25.3 Å². The van der Waals surface area contributed by atoms with Crippen LogP contribution in [0.1, 0.15) is 213 Å². The van der Waals surface area contributed by atoms with Gasteiger partial charge in [-0.25, -0.2) is 0 Å². The van der Waals surface area contributed by atoms with Crippen LogP contribution in [-0.2, 0) is 13.6 Å². The van der Waals surface area contributed by atoms with E-state index in [-0.39, 0.29) is 10.9 Å². The van der Waals surface area contributed by atoms with E-state index in [4.69, 9.17) is 46.9 Å². The van der Waals surface area contributed by atoms with E-state index in [2.05, 4.69) is 20.8 Å². The number of hydrogen-bond donors (Lipinski definition) is 3. The lowest BCUT2D eigenvalue weighted by molar-refractivity contribution is 0.169. The summed E-state index contributed by atoms with van der Waals surface area (Å²) in [5.74, 6) is 0. The zero-order valence-electron chi connectivity index (χ0n) is 29.0. The third kappa shape index (κ3) is 29.1. The molecule has 0 spiro atoms. The van der Waals surface area contributed by atoms with Gasteiger partial charge in [-0.05, 0) is 32.1 Å². The second kappa shape index (κ2) is 33.1. The topological polar surface area (TPSA) is 35.5 Å². The van der Waals surface area contributed by atoms with Gasteiger partial charge in [0.15, 0.2) is 0 Å². The molecule has 0 bridgehead atoms. The van der Waals surface area contributed by atoms with Crippen molar-refractivity contribution >= 4 is 45.5 Å². The van der Waals surface area contributed by atoms with Gasteiger partial charge in [0.1, 0.15) is 15.9 Å². The van der Waals surface area contributed by atoms with Crippen LogP contribution in [0, 0.1) is 0 Å². The summed E-state index contributed by atoms with van der Waals surface area (Å²) in [6, 6.07) is 0. The molecule has 0 heterocycles. The van der Waals surface area contributed by atoms with E-state index in [9.17, 15) is 4.57 Å². The molecule has 0 aromatic heterocycles. The molecule has 7 heteroatoms. The molecule has 0 aliphatic carbocycles. The van der Waals surface area contributed by atoms with Crippen molar-refractivity contribution in [2.75, 3.05) is 0 Å². The van der Waals surface area contributed by atoms with Crippen molar-refractivity contribution in [1.82, 2.24) is 0 Å². The highest BCUT2D eigenvalue weighted by Crippen LogP contribution is 2.59. The SMILES string of the molecule is CCCCCCCCCCCC(S)OP(=O)(OC(S)CCCCCCCCCCC)C(S)CCCCCCCCCCC. The van der Waals surface area contributed by atoms with Crippen LogP contribution in [0.5, 0.6) is 0 Å². The summed E-state index contributed by atoms with van der Waals surface area (Å²) in [7, 11) is -3.44. The van der Waals surface area contributed by atoms with Crippen LogP contribution >= 0.6 is 45.5 Å². The number of rotatable bonds is 35. The molecule has 0 saturated heterocycles. The summed E-state index contributed by atoms with van der Waals surface area (Å²) in [6.45, 7) is 6.80. The van der Waals surface area contributed by atoms with Crippen LogP contribution in [-0.4, -0.2) is 15.9 Å². The molecule has 0 saturated carbocycles. The molecular formula is C36H75O3PS3. The Balaban J connectivity index is 4.56. The highest BCUT2D eigenvalue weighted by molar-refractivity contribution is 7.90. The smallest absolute Gasteiger partial charge is 0.294 e. The monoisotopic (exact) mass is 682 g/mol. The second-order valence-electron chi connectivity index (χ2n) is 13.0. The molecule has 0 aliphatic rings. The van der Waals surface area contributed by atoms with Gasteiger partial charge >= 0.3 is 7.60 Å². The predicted octanol–water partition coefficient (Wildman–Crippen LogP) is 14.7. The molecule has 0 rings (SSSR count). The Hall–Kier alpha value is 1.20. The first-order valence-electron chi connectivity index (χ1n) is 18.9. The van der Waals surface area contributed by atoms with Crippen LogP contribution in [0.25, 0.3) is 0 Å². The van der Waals surface area contributed by atoms with E-state index in [1.54, 1.807) is 0 Å². The maximum atomic E-state index is 14.1. The lowest BCUT2D eigenvalue weighted by Crippen LogP contribution is -2.16. The van der Waals surface area contributed by atoms with E-state index in [1.165, 1.54) is 148 Å². The van der Waals surface area contributed by atoms with Crippen molar-refractivity contribution in [2.24, 2.45) is 0 Å². The summed E-state index contributed by atoms with van der Waals surface area (Å²) in [5.41, 5.74) is -0.775. The van der Waals surface area contributed by atoms with Gasteiger partial charge in [0, 0.05) is 0 Å². The molecule has 0 radical (unpaired) electrons. The van der Waals surface area contributed by atoms with Crippen LogP contribution in [0.2, 0.25) is 0 Å². The minimum absolute atomic E-state index is 0.388.